The van der Waals surface area contributed by atoms with Crippen LogP contribution in [-0.2, 0) is 6.54 Å². The lowest BCUT2D eigenvalue weighted by Gasteiger charge is -2.30. The Morgan fingerprint density at radius 2 is 2.04 bits per heavy atom. The zero-order valence-corrected chi connectivity index (χ0v) is 15.5. The van der Waals surface area contributed by atoms with E-state index in [4.69, 9.17) is 0 Å². The highest BCUT2D eigenvalue weighted by Gasteiger charge is 2.44. The molecule has 1 saturated heterocycles. The Bertz CT molecular complexity index is 698. The largest absolute Gasteiger partial charge is 0.355 e. The van der Waals surface area contributed by atoms with Crippen LogP contribution in [0.15, 0.2) is 17.9 Å². The van der Waals surface area contributed by atoms with E-state index in [0.717, 1.165) is 29.9 Å². The van der Waals surface area contributed by atoms with Gasteiger partial charge in [0.1, 0.15) is 5.82 Å². The smallest absolute Gasteiger partial charge is 0.147 e. The predicted octanol–water partition coefficient (Wildman–Crippen LogP) is 2.90. The van der Waals surface area contributed by atoms with Crippen molar-refractivity contribution in [3.63, 3.8) is 0 Å². The standard InChI is InChI=1S/C18H25N5S/c1-12-6-20-18(7-19-12)22(3)16-5-4-14-8-23(9-15(14)16)10-17-13(2)21-11-24-17/h6-7,11,14-16H,4-5,8-10H2,1-3H3/t14-,15+,16-/m1/s1. The van der Waals surface area contributed by atoms with Crippen LogP contribution in [0.25, 0.3) is 0 Å². The summed E-state index contributed by atoms with van der Waals surface area (Å²) >= 11 is 1.79. The summed E-state index contributed by atoms with van der Waals surface area (Å²) in [6.07, 6.45) is 6.38. The first-order chi connectivity index (χ1) is 11.6. The molecule has 128 valence electrons. The van der Waals surface area contributed by atoms with E-state index in [1.54, 1.807) is 11.3 Å². The van der Waals surface area contributed by atoms with Gasteiger partial charge in [-0.1, -0.05) is 0 Å². The molecule has 1 aliphatic heterocycles. The highest BCUT2D eigenvalue weighted by molar-refractivity contribution is 7.09. The molecule has 1 aliphatic carbocycles. The quantitative estimate of drug-likeness (QED) is 0.854. The van der Waals surface area contributed by atoms with Gasteiger partial charge in [0, 0.05) is 37.6 Å². The van der Waals surface area contributed by atoms with Crippen LogP contribution in [0.2, 0.25) is 0 Å². The first kappa shape index (κ1) is 16.0. The SMILES string of the molecule is Cc1cnc(N(C)[C@@H]2CC[C@@H]3CN(Cc4scnc4C)C[C@@H]32)cn1. The number of aryl methyl sites for hydroxylation is 2. The fourth-order valence-corrected chi connectivity index (χ4v) is 5.18. The molecule has 0 unspecified atom stereocenters. The predicted molar refractivity (Wildman–Crippen MR) is 97.3 cm³/mol. The first-order valence-corrected chi connectivity index (χ1v) is 9.62. The lowest BCUT2D eigenvalue weighted by molar-refractivity contribution is 0.298. The van der Waals surface area contributed by atoms with E-state index in [2.05, 4.69) is 38.7 Å². The van der Waals surface area contributed by atoms with Crippen LogP contribution in [0.4, 0.5) is 5.82 Å². The van der Waals surface area contributed by atoms with Gasteiger partial charge in [-0.25, -0.2) is 9.97 Å². The van der Waals surface area contributed by atoms with E-state index in [-0.39, 0.29) is 0 Å². The molecule has 0 spiro atoms. The van der Waals surface area contributed by atoms with Gasteiger partial charge in [-0.2, -0.15) is 0 Å². The summed E-state index contributed by atoms with van der Waals surface area (Å²) in [7, 11) is 2.18. The van der Waals surface area contributed by atoms with Crippen LogP contribution >= 0.6 is 11.3 Å². The van der Waals surface area contributed by atoms with E-state index in [0.29, 0.717) is 6.04 Å². The molecule has 0 amide bonds. The first-order valence-electron chi connectivity index (χ1n) is 8.74. The molecular formula is C18H25N5S. The highest BCUT2D eigenvalue weighted by atomic mass is 32.1. The van der Waals surface area contributed by atoms with Crippen molar-refractivity contribution in [2.75, 3.05) is 25.0 Å². The summed E-state index contributed by atoms with van der Waals surface area (Å²) < 4.78 is 0. The third-order valence-corrected chi connectivity index (χ3v) is 6.65. The van der Waals surface area contributed by atoms with E-state index in [9.17, 15) is 0 Å². The van der Waals surface area contributed by atoms with E-state index in [1.165, 1.54) is 36.5 Å². The molecule has 2 aromatic heterocycles. The molecule has 3 heterocycles. The summed E-state index contributed by atoms with van der Waals surface area (Å²) in [5.41, 5.74) is 4.14. The number of fused-ring (bicyclic) bond motifs is 1. The minimum atomic E-state index is 0.583. The van der Waals surface area contributed by atoms with Crippen molar-refractivity contribution in [1.29, 1.82) is 0 Å². The van der Waals surface area contributed by atoms with Crippen LogP contribution in [0, 0.1) is 25.7 Å². The Hall–Kier alpha value is -1.53. The maximum absolute atomic E-state index is 4.57. The zero-order valence-electron chi connectivity index (χ0n) is 14.6. The molecule has 6 heteroatoms. The molecular weight excluding hydrogens is 318 g/mol. The van der Waals surface area contributed by atoms with Crippen molar-refractivity contribution in [1.82, 2.24) is 19.9 Å². The third kappa shape index (κ3) is 2.93. The van der Waals surface area contributed by atoms with E-state index in [1.807, 2.05) is 24.8 Å². The summed E-state index contributed by atoms with van der Waals surface area (Å²) in [5.74, 6) is 2.57. The molecule has 0 N–H and O–H groups in total. The molecule has 4 rings (SSSR count). The molecule has 2 aromatic rings. The van der Waals surface area contributed by atoms with Gasteiger partial charge in [0.2, 0.25) is 0 Å². The number of hydrogen-bond donors (Lipinski definition) is 0. The van der Waals surface area contributed by atoms with Crippen LogP contribution in [-0.4, -0.2) is 46.0 Å². The monoisotopic (exact) mass is 343 g/mol. The second kappa shape index (κ2) is 6.41. The summed E-state index contributed by atoms with van der Waals surface area (Å²) in [6, 6.07) is 0.583. The van der Waals surface area contributed by atoms with Gasteiger partial charge in [0.05, 0.1) is 29.3 Å². The fraction of sp³-hybridized carbons (Fsp3) is 0.611. The summed E-state index contributed by atoms with van der Waals surface area (Å²) in [4.78, 5) is 19.8. The topological polar surface area (TPSA) is 45.2 Å². The van der Waals surface area contributed by atoms with Crippen LogP contribution < -0.4 is 4.90 Å². The number of nitrogens with zero attached hydrogens (tertiary/aromatic N) is 5. The molecule has 0 bridgehead atoms. The molecule has 3 atom stereocenters. The van der Waals surface area contributed by atoms with Gasteiger partial charge in [-0.05, 0) is 38.5 Å². The number of anilines is 1. The van der Waals surface area contributed by atoms with Crippen LogP contribution in [0.3, 0.4) is 0 Å². The zero-order chi connectivity index (χ0) is 16.7. The Balaban J connectivity index is 1.44. The van der Waals surface area contributed by atoms with Crippen LogP contribution in [0.1, 0.15) is 29.1 Å². The van der Waals surface area contributed by atoms with Gasteiger partial charge in [-0.3, -0.25) is 9.88 Å². The average Bonchev–Trinajstić information content (AvgIpc) is 3.24. The molecule has 0 radical (unpaired) electrons. The van der Waals surface area contributed by atoms with Gasteiger partial charge in [0.25, 0.3) is 0 Å². The molecule has 2 aliphatic rings. The minimum absolute atomic E-state index is 0.583. The van der Waals surface area contributed by atoms with Gasteiger partial charge in [-0.15, -0.1) is 11.3 Å². The van der Waals surface area contributed by atoms with Crippen molar-refractivity contribution < 1.29 is 0 Å². The molecule has 1 saturated carbocycles. The molecule has 0 aromatic carbocycles. The number of hydrogen-bond acceptors (Lipinski definition) is 6. The maximum Gasteiger partial charge on any atom is 0.147 e. The lowest BCUT2D eigenvalue weighted by Crippen LogP contribution is -2.38. The normalized spacial score (nSPS) is 26.7. The second-order valence-electron chi connectivity index (χ2n) is 7.25. The summed E-state index contributed by atoms with van der Waals surface area (Å²) in [6.45, 7) is 7.58. The number of thiazole rings is 1. The van der Waals surface area contributed by atoms with Gasteiger partial charge < -0.3 is 4.90 Å². The molecule has 24 heavy (non-hydrogen) atoms. The van der Waals surface area contributed by atoms with Gasteiger partial charge in [0.15, 0.2) is 0 Å². The Morgan fingerprint density at radius 1 is 1.17 bits per heavy atom. The third-order valence-electron chi connectivity index (χ3n) is 5.73. The van der Waals surface area contributed by atoms with Crippen LogP contribution in [0.5, 0.6) is 0 Å². The van der Waals surface area contributed by atoms with E-state index >= 15 is 0 Å². The Labute approximate surface area is 147 Å². The maximum atomic E-state index is 4.57. The lowest BCUT2D eigenvalue weighted by atomic mass is 9.97. The molecule has 2 fully saturated rings. The highest BCUT2D eigenvalue weighted by Crippen LogP contribution is 2.41. The molecule has 5 nitrogen and oxygen atoms in total. The number of rotatable bonds is 4. The van der Waals surface area contributed by atoms with Gasteiger partial charge >= 0.3 is 0 Å². The number of likely N-dealkylation sites (tertiary alicyclic amines) is 1. The summed E-state index contributed by atoms with van der Waals surface area (Å²) in [5, 5.41) is 0. The van der Waals surface area contributed by atoms with Crippen molar-refractivity contribution >= 4 is 17.2 Å². The Kier molecular flexibility index (Phi) is 4.26. The van der Waals surface area contributed by atoms with Crippen molar-refractivity contribution in [2.45, 2.75) is 39.3 Å². The fourth-order valence-electron chi connectivity index (χ4n) is 4.36. The Morgan fingerprint density at radius 3 is 2.75 bits per heavy atom. The minimum Gasteiger partial charge on any atom is -0.355 e. The van der Waals surface area contributed by atoms with Crippen molar-refractivity contribution in [3.8, 4) is 0 Å². The van der Waals surface area contributed by atoms with E-state index < -0.39 is 0 Å². The second-order valence-corrected chi connectivity index (χ2v) is 8.19. The van der Waals surface area contributed by atoms with Crippen molar-refractivity contribution in [3.05, 3.63) is 34.2 Å². The number of aromatic nitrogens is 3. The average molecular weight is 344 g/mol. The van der Waals surface area contributed by atoms with Crippen molar-refractivity contribution in [2.24, 2.45) is 11.8 Å².